The van der Waals surface area contributed by atoms with Crippen molar-refractivity contribution in [1.82, 2.24) is 5.43 Å². The molecule has 120 valence electrons. The molecule has 0 spiro atoms. The summed E-state index contributed by atoms with van der Waals surface area (Å²) in [7, 11) is 1.57. The number of nitrogen functional groups attached to an aromatic ring is 1. The van der Waals surface area contributed by atoms with Crippen molar-refractivity contribution in [1.29, 1.82) is 0 Å². The third-order valence-electron chi connectivity index (χ3n) is 3.02. The van der Waals surface area contributed by atoms with E-state index in [9.17, 15) is 4.79 Å². The van der Waals surface area contributed by atoms with Gasteiger partial charge in [0.25, 0.3) is 5.91 Å². The number of hydrogen-bond acceptors (Lipinski definition) is 5. The number of nitrogens with one attached hydrogen (secondary N) is 1. The van der Waals surface area contributed by atoms with Crippen LogP contribution in [0.1, 0.15) is 22.8 Å². The van der Waals surface area contributed by atoms with Crippen LogP contribution in [0.4, 0.5) is 5.69 Å². The number of carbonyl (C=O) groups is 1. The maximum atomic E-state index is 11.9. The molecule has 0 saturated heterocycles. The molecule has 0 bridgehead atoms. The van der Waals surface area contributed by atoms with Gasteiger partial charge in [0.1, 0.15) is 0 Å². The van der Waals surface area contributed by atoms with Gasteiger partial charge in [0.2, 0.25) is 0 Å². The number of hydrazone groups is 1. The molecule has 0 heterocycles. The Morgan fingerprint density at radius 1 is 1.26 bits per heavy atom. The van der Waals surface area contributed by atoms with Crippen LogP contribution in [-0.2, 0) is 0 Å². The number of nitrogens with two attached hydrogens (primary N) is 1. The molecule has 0 fully saturated rings. The van der Waals surface area contributed by atoms with Crippen molar-refractivity contribution in [2.45, 2.75) is 6.92 Å². The Labute approximate surface area is 134 Å². The molecule has 6 heteroatoms. The average molecular weight is 313 g/mol. The lowest BCUT2D eigenvalue weighted by atomic mass is 10.2. The highest BCUT2D eigenvalue weighted by atomic mass is 16.5. The zero-order valence-electron chi connectivity index (χ0n) is 13.1. The van der Waals surface area contributed by atoms with E-state index in [0.29, 0.717) is 29.4 Å². The van der Waals surface area contributed by atoms with E-state index >= 15 is 0 Å². The molecule has 0 atom stereocenters. The summed E-state index contributed by atoms with van der Waals surface area (Å²) < 4.78 is 10.7. The number of rotatable bonds is 6. The summed E-state index contributed by atoms with van der Waals surface area (Å²) in [6.07, 6.45) is 1.53. The Hall–Kier alpha value is -3.02. The fourth-order valence-corrected chi connectivity index (χ4v) is 1.95. The van der Waals surface area contributed by atoms with Gasteiger partial charge in [0.05, 0.1) is 19.9 Å². The molecule has 2 aromatic carbocycles. The summed E-state index contributed by atoms with van der Waals surface area (Å²) >= 11 is 0. The first-order chi connectivity index (χ1) is 11.1. The summed E-state index contributed by atoms with van der Waals surface area (Å²) in [4.78, 5) is 11.9. The lowest BCUT2D eigenvalue weighted by Gasteiger charge is -2.09. The predicted octanol–water partition coefficient (Wildman–Crippen LogP) is 2.44. The van der Waals surface area contributed by atoms with Crippen LogP contribution in [0.2, 0.25) is 0 Å². The van der Waals surface area contributed by atoms with E-state index in [1.165, 1.54) is 6.21 Å². The smallest absolute Gasteiger partial charge is 0.271 e. The molecule has 2 rings (SSSR count). The van der Waals surface area contributed by atoms with Gasteiger partial charge in [0, 0.05) is 11.3 Å². The number of nitrogens with zero attached hydrogens (tertiary/aromatic N) is 1. The summed E-state index contributed by atoms with van der Waals surface area (Å²) in [5.74, 6) is 0.945. The first kappa shape index (κ1) is 16.4. The lowest BCUT2D eigenvalue weighted by Crippen LogP contribution is -2.17. The van der Waals surface area contributed by atoms with Gasteiger partial charge in [-0.15, -0.1) is 0 Å². The number of methoxy groups -OCH3 is 1. The maximum Gasteiger partial charge on any atom is 0.271 e. The van der Waals surface area contributed by atoms with Crippen LogP contribution >= 0.6 is 0 Å². The van der Waals surface area contributed by atoms with Gasteiger partial charge >= 0.3 is 0 Å². The van der Waals surface area contributed by atoms with Crippen molar-refractivity contribution in [3.05, 3.63) is 53.6 Å². The molecular formula is C17H19N3O3. The van der Waals surface area contributed by atoms with E-state index in [0.717, 1.165) is 5.56 Å². The topological polar surface area (TPSA) is 85.9 Å². The summed E-state index contributed by atoms with van der Waals surface area (Å²) in [5, 5.41) is 3.94. The average Bonchev–Trinajstić information content (AvgIpc) is 2.56. The van der Waals surface area contributed by atoms with Crippen LogP contribution in [0, 0.1) is 0 Å². The van der Waals surface area contributed by atoms with E-state index in [1.54, 1.807) is 43.5 Å². The minimum Gasteiger partial charge on any atom is -0.493 e. The number of ether oxygens (including phenoxy) is 2. The highest BCUT2D eigenvalue weighted by Gasteiger charge is 2.05. The predicted molar refractivity (Wildman–Crippen MR) is 90.1 cm³/mol. The third-order valence-corrected chi connectivity index (χ3v) is 3.02. The largest absolute Gasteiger partial charge is 0.493 e. The quantitative estimate of drug-likeness (QED) is 0.487. The first-order valence-corrected chi connectivity index (χ1v) is 7.13. The van der Waals surface area contributed by atoms with Crippen LogP contribution in [0.15, 0.2) is 47.6 Å². The van der Waals surface area contributed by atoms with Gasteiger partial charge in [-0.2, -0.15) is 5.10 Å². The molecule has 0 aromatic heterocycles. The second-order valence-electron chi connectivity index (χ2n) is 4.67. The Bertz CT molecular complexity index is 714. The second kappa shape index (κ2) is 7.84. The van der Waals surface area contributed by atoms with Gasteiger partial charge < -0.3 is 15.2 Å². The number of anilines is 1. The monoisotopic (exact) mass is 313 g/mol. The van der Waals surface area contributed by atoms with Crippen molar-refractivity contribution >= 4 is 17.8 Å². The molecule has 0 radical (unpaired) electrons. The molecule has 0 unspecified atom stereocenters. The molecule has 0 aliphatic heterocycles. The van der Waals surface area contributed by atoms with Gasteiger partial charge in [-0.05, 0) is 48.9 Å². The highest BCUT2D eigenvalue weighted by Crippen LogP contribution is 2.27. The van der Waals surface area contributed by atoms with Crippen LogP contribution in [-0.4, -0.2) is 25.8 Å². The molecule has 6 nitrogen and oxygen atoms in total. The van der Waals surface area contributed by atoms with Crippen LogP contribution < -0.4 is 20.6 Å². The lowest BCUT2D eigenvalue weighted by molar-refractivity contribution is 0.0955. The summed E-state index contributed by atoms with van der Waals surface area (Å²) in [6, 6.07) is 12.1. The molecule has 0 aliphatic carbocycles. The molecule has 0 saturated carbocycles. The van der Waals surface area contributed by atoms with Crippen LogP contribution in [0.5, 0.6) is 11.5 Å². The van der Waals surface area contributed by atoms with Gasteiger partial charge in [-0.1, -0.05) is 6.07 Å². The maximum absolute atomic E-state index is 11.9. The van der Waals surface area contributed by atoms with Gasteiger partial charge in [-0.3, -0.25) is 4.79 Å². The van der Waals surface area contributed by atoms with E-state index in [-0.39, 0.29) is 5.91 Å². The van der Waals surface area contributed by atoms with E-state index < -0.39 is 0 Å². The minimum absolute atomic E-state index is 0.327. The fraction of sp³-hybridized carbons (Fsp3) is 0.176. The summed E-state index contributed by atoms with van der Waals surface area (Å²) in [6.45, 7) is 2.46. The molecular weight excluding hydrogens is 294 g/mol. The Kier molecular flexibility index (Phi) is 5.57. The second-order valence-corrected chi connectivity index (χ2v) is 4.67. The molecule has 1 amide bonds. The molecule has 0 aliphatic rings. The number of carbonyl (C=O) groups excluding carboxylic acids is 1. The van der Waals surface area contributed by atoms with Gasteiger partial charge in [0.15, 0.2) is 11.5 Å². The van der Waals surface area contributed by atoms with E-state index in [4.69, 9.17) is 15.2 Å². The Morgan fingerprint density at radius 3 is 2.78 bits per heavy atom. The van der Waals surface area contributed by atoms with Crippen molar-refractivity contribution < 1.29 is 14.3 Å². The van der Waals surface area contributed by atoms with Crippen LogP contribution in [0.3, 0.4) is 0 Å². The normalized spacial score (nSPS) is 10.5. The first-order valence-electron chi connectivity index (χ1n) is 7.13. The standard InChI is InChI=1S/C17H19N3O3/c1-3-23-15-8-7-12(9-16(15)22-2)11-19-20-17(21)13-5-4-6-14(18)10-13/h4-11H,3,18H2,1-2H3,(H,20,21)/b19-11-. The molecule has 23 heavy (non-hydrogen) atoms. The van der Waals surface area contributed by atoms with E-state index in [1.807, 2.05) is 13.0 Å². The summed E-state index contributed by atoms with van der Waals surface area (Å²) in [5.41, 5.74) is 9.85. The zero-order chi connectivity index (χ0) is 16.7. The van der Waals surface area contributed by atoms with E-state index in [2.05, 4.69) is 10.5 Å². The van der Waals surface area contributed by atoms with Crippen molar-refractivity contribution in [3.8, 4) is 11.5 Å². The highest BCUT2D eigenvalue weighted by molar-refractivity contribution is 5.95. The minimum atomic E-state index is -0.327. The van der Waals surface area contributed by atoms with Crippen molar-refractivity contribution in [3.63, 3.8) is 0 Å². The van der Waals surface area contributed by atoms with Gasteiger partial charge in [-0.25, -0.2) is 5.43 Å². The van der Waals surface area contributed by atoms with Crippen LogP contribution in [0.25, 0.3) is 0 Å². The number of hydrogen-bond donors (Lipinski definition) is 2. The van der Waals surface area contributed by atoms with Crippen molar-refractivity contribution in [2.75, 3.05) is 19.5 Å². The molecule has 2 aromatic rings. The van der Waals surface area contributed by atoms with Crippen molar-refractivity contribution in [2.24, 2.45) is 5.10 Å². The molecule has 3 N–H and O–H groups in total. The third kappa shape index (κ3) is 4.47. The number of benzene rings is 2. The zero-order valence-corrected chi connectivity index (χ0v) is 13.1. The Morgan fingerprint density at radius 2 is 2.09 bits per heavy atom. The SMILES string of the molecule is CCOc1ccc(/C=N\NC(=O)c2cccc(N)c2)cc1OC. The fourth-order valence-electron chi connectivity index (χ4n) is 1.95. The Balaban J connectivity index is 2.04. The number of amides is 1.